The van der Waals surface area contributed by atoms with Gasteiger partial charge in [-0.2, -0.15) is 0 Å². The van der Waals surface area contributed by atoms with Crippen molar-refractivity contribution < 1.29 is 9.53 Å². The molecule has 0 saturated carbocycles. The van der Waals surface area contributed by atoms with E-state index in [1.807, 2.05) is 43.3 Å². The van der Waals surface area contributed by atoms with Crippen molar-refractivity contribution in [2.24, 2.45) is 0 Å². The average molecular weight is 435 g/mol. The summed E-state index contributed by atoms with van der Waals surface area (Å²) in [5.41, 5.74) is 2.24. The zero-order valence-electron chi connectivity index (χ0n) is 18.9. The topological polar surface area (TPSA) is 78.5 Å². The van der Waals surface area contributed by atoms with Gasteiger partial charge in [0.1, 0.15) is 5.82 Å². The van der Waals surface area contributed by atoms with E-state index in [-0.39, 0.29) is 30.2 Å². The van der Waals surface area contributed by atoms with Crippen molar-refractivity contribution in [1.29, 1.82) is 0 Å². The van der Waals surface area contributed by atoms with E-state index in [0.29, 0.717) is 28.8 Å². The Morgan fingerprint density at radius 2 is 1.81 bits per heavy atom. The molecule has 2 heterocycles. The molecule has 0 radical (unpaired) electrons. The number of nitrogens with zero attached hydrogens (tertiary/aromatic N) is 3. The Balaban J connectivity index is 1.45. The molecule has 1 saturated heterocycles. The first kappa shape index (κ1) is 22.2. The fourth-order valence-electron chi connectivity index (χ4n) is 4.32. The highest BCUT2D eigenvalue weighted by molar-refractivity contribution is 5.94. The lowest BCUT2D eigenvalue weighted by Gasteiger charge is -2.35. The van der Waals surface area contributed by atoms with Gasteiger partial charge >= 0.3 is 0 Å². The Hall–Kier alpha value is -3.03. The first-order valence-electron chi connectivity index (χ1n) is 11.2. The van der Waals surface area contributed by atoms with E-state index in [0.717, 1.165) is 19.6 Å². The standard InChI is InChI=1S/C25H30N4O3/c1-4-29(16-23-26-22-8-6-5-7-21(22)24(30)27-23)25(31)20-11-9-19(10-12-20)15-28-13-17(2)32-18(3)14-28/h5-12,17-18H,4,13-16H2,1-3H3,(H,26,27,30). The van der Waals surface area contributed by atoms with Crippen LogP contribution in [-0.4, -0.2) is 57.5 Å². The molecule has 1 aliphatic heterocycles. The first-order chi connectivity index (χ1) is 15.4. The molecule has 4 rings (SSSR count). The normalized spacial score (nSPS) is 19.2. The molecular weight excluding hydrogens is 404 g/mol. The van der Waals surface area contributed by atoms with E-state index < -0.39 is 0 Å². The van der Waals surface area contributed by atoms with Crippen LogP contribution in [0.4, 0.5) is 0 Å². The van der Waals surface area contributed by atoms with Gasteiger partial charge < -0.3 is 14.6 Å². The van der Waals surface area contributed by atoms with Crippen LogP contribution in [0.25, 0.3) is 10.9 Å². The Morgan fingerprint density at radius 3 is 2.50 bits per heavy atom. The predicted molar refractivity (Wildman–Crippen MR) is 125 cm³/mol. The van der Waals surface area contributed by atoms with E-state index in [2.05, 4.69) is 28.7 Å². The number of rotatable bonds is 6. The molecule has 2 unspecified atom stereocenters. The van der Waals surface area contributed by atoms with Gasteiger partial charge in [-0.1, -0.05) is 24.3 Å². The average Bonchev–Trinajstić information content (AvgIpc) is 2.77. The lowest BCUT2D eigenvalue weighted by atomic mass is 10.1. The summed E-state index contributed by atoms with van der Waals surface area (Å²) in [6, 6.07) is 15.0. The van der Waals surface area contributed by atoms with E-state index in [9.17, 15) is 9.59 Å². The lowest BCUT2D eigenvalue weighted by molar-refractivity contribution is -0.0704. The first-order valence-corrected chi connectivity index (χ1v) is 11.2. The van der Waals surface area contributed by atoms with Crippen LogP contribution in [0.1, 0.15) is 42.5 Å². The van der Waals surface area contributed by atoms with Crippen LogP contribution in [0.15, 0.2) is 53.3 Å². The number of hydrogen-bond donors (Lipinski definition) is 1. The van der Waals surface area contributed by atoms with Crippen molar-refractivity contribution in [2.45, 2.75) is 46.1 Å². The molecule has 7 heteroatoms. The molecule has 1 aliphatic rings. The summed E-state index contributed by atoms with van der Waals surface area (Å²) in [6.07, 6.45) is 0.459. The Morgan fingerprint density at radius 1 is 1.12 bits per heavy atom. The number of carbonyl (C=O) groups is 1. The number of amides is 1. The largest absolute Gasteiger partial charge is 0.373 e. The number of ether oxygens (including phenoxy) is 1. The van der Waals surface area contributed by atoms with Crippen LogP contribution in [-0.2, 0) is 17.8 Å². The molecule has 2 aromatic carbocycles. The Labute approximate surface area is 188 Å². The van der Waals surface area contributed by atoms with Gasteiger partial charge in [-0.25, -0.2) is 4.98 Å². The molecule has 1 N–H and O–H groups in total. The maximum atomic E-state index is 13.1. The van der Waals surface area contributed by atoms with Gasteiger partial charge in [0.15, 0.2) is 0 Å². The number of nitrogens with one attached hydrogen (secondary N) is 1. The highest BCUT2D eigenvalue weighted by Crippen LogP contribution is 2.16. The van der Waals surface area contributed by atoms with Gasteiger partial charge in [0.2, 0.25) is 0 Å². The van der Waals surface area contributed by atoms with Crippen molar-refractivity contribution in [2.75, 3.05) is 19.6 Å². The second-order valence-corrected chi connectivity index (χ2v) is 8.50. The molecule has 1 amide bonds. The number of aromatic nitrogens is 2. The number of carbonyl (C=O) groups excluding carboxylic acids is 1. The van der Waals surface area contributed by atoms with Gasteiger partial charge in [-0.3, -0.25) is 14.5 Å². The molecule has 1 fully saturated rings. The summed E-state index contributed by atoms with van der Waals surface area (Å²) in [6.45, 7) is 9.54. The van der Waals surface area contributed by atoms with Crippen molar-refractivity contribution in [3.8, 4) is 0 Å². The number of aromatic amines is 1. The number of hydrogen-bond acceptors (Lipinski definition) is 5. The van der Waals surface area contributed by atoms with E-state index in [4.69, 9.17) is 4.74 Å². The molecule has 168 valence electrons. The van der Waals surface area contributed by atoms with Gasteiger partial charge in [0.05, 0.1) is 29.7 Å². The van der Waals surface area contributed by atoms with Gasteiger partial charge in [0.25, 0.3) is 11.5 Å². The lowest BCUT2D eigenvalue weighted by Crippen LogP contribution is -2.44. The van der Waals surface area contributed by atoms with E-state index in [1.165, 1.54) is 5.56 Å². The minimum Gasteiger partial charge on any atom is -0.373 e. The Bertz CT molecular complexity index is 1130. The summed E-state index contributed by atoms with van der Waals surface area (Å²) in [7, 11) is 0. The quantitative estimate of drug-likeness (QED) is 0.645. The van der Waals surface area contributed by atoms with Gasteiger partial charge in [-0.15, -0.1) is 0 Å². The van der Waals surface area contributed by atoms with Crippen LogP contribution in [0.5, 0.6) is 0 Å². The number of H-pyrrole nitrogens is 1. The maximum absolute atomic E-state index is 13.1. The predicted octanol–water partition coefficient (Wildman–Crippen LogP) is 3.19. The molecule has 1 aromatic heterocycles. The van der Waals surface area contributed by atoms with Crippen LogP contribution < -0.4 is 5.56 Å². The maximum Gasteiger partial charge on any atom is 0.258 e. The summed E-state index contributed by atoms with van der Waals surface area (Å²) >= 11 is 0. The molecule has 0 bridgehead atoms. The summed E-state index contributed by atoms with van der Waals surface area (Å²) < 4.78 is 5.80. The monoisotopic (exact) mass is 434 g/mol. The zero-order valence-corrected chi connectivity index (χ0v) is 18.9. The molecular formula is C25H30N4O3. The summed E-state index contributed by atoms with van der Waals surface area (Å²) in [4.78, 5) is 36.8. The van der Waals surface area contributed by atoms with Crippen molar-refractivity contribution in [1.82, 2.24) is 19.8 Å². The van der Waals surface area contributed by atoms with E-state index in [1.54, 1.807) is 17.0 Å². The number of fused-ring (bicyclic) bond motifs is 1. The molecule has 3 aromatic rings. The third-order valence-corrected chi connectivity index (χ3v) is 5.77. The van der Waals surface area contributed by atoms with Crippen molar-refractivity contribution in [3.05, 3.63) is 75.8 Å². The molecule has 2 atom stereocenters. The van der Waals surface area contributed by atoms with Crippen LogP contribution in [0.2, 0.25) is 0 Å². The number of para-hydroxylation sites is 1. The second-order valence-electron chi connectivity index (χ2n) is 8.50. The fraction of sp³-hybridized carbons (Fsp3) is 0.400. The minimum absolute atomic E-state index is 0.0801. The molecule has 32 heavy (non-hydrogen) atoms. The van der Waals surface area contributed by atoms with Crippen LogP contribution in [0.3, 0.4) is 0 Å². The summed E-state index contributed by atoms with van der Waals surface area (Å²) in [5, 5.41) is 0.547. The third-order valence-electron chi connectivity index (χ3n) is 5.77. The SMILES string of the molecule is CCN(Cc1nc2ccccc2c(=O)[nH]1)C(=O)c1ccc(CN2CC(C)OC(C)C2)cc1. The van der Waals surface area contributed by atoms with E-state index >= 15 is 0 Å². The number of morpholine rings is 1. The zero-order chi connectivity index (χ0) is 22.7. The van der Waals surface area contributed by atoms with Gasteiger partial charge in [0, 0.05) is 31.7 Å². The highest BCUT2D eigenvalue weighted by atomic mass is 16.5. The molecule has 7 nitrogen and oxygen atoms in total. The highest BCUT2D eigenvalue weighted by Gasteiger charge is 2.22. The van der Waals surface area contributed by atoms with Crippen molar-refractivity contribution in [3.63, 3.8) is 0 Å². The van der Waals surface area contributed by atoms with Gasteiger partial charge in [-0.05, 0) is 50.6 Å². The van der Waals surface area contributed by atoms with Crippen LogP contribution >= 0.6 is 0 Å². The minimum atomic E-state index is -0.190. The molecule has 0 spiro atoms. The smallest absolute Gasteiger partial charge is 0.258 e. The Kier molecular flexibility index (Phi) is 6.67. The summed E-state index contributed by atoms with van der Waals surface area (Å²) in [5.74, 6) is 0.402. The fourth-order valence-corrected chi connectivity index (χ4v) is 4.32. The molecule has 0 aliphatic carbocycles. The third kappa shape index (κ3) is 5.06. The van der Waals surface area contributed by atoms with Crippen LogP contribution in [0, 0.1) is 0 Å². The number of benzene rings is 2. The van der Waals surface area contributed by atoms with Crippen molar-refractivity contribution >= 4 is 16.8 Å². The second kappa shape index (κ2) is 9.63.